The standard InChI is InChI=1S/C13H16N4O/c1-2-6-14-11-5-8-15-12(9-11)10-17-13(18)4-3-7-16-17/h3-5,7-9H,2,6,10H2,1H3,(H,14,15). The summed E-state index contributed by atoms with van der Waals surface area (Å²) in [6.07, 6.45) is 4.40. The second-order valence-corrected chi connectivity index (χ2v) is 3.98. The molecule has 94 valence electrons. The maximum Gasteiger partial charge on any atom is 0.267 e. The molecule has 0 spiro atoms. The summed E-state index contributed by atoms with van der Waals surface area (Å²) in [6, 6.07) is 6.98. The molecule has 0 aliphatic rings. The fourth-order valence-corrected chi connectivity index (χ4v) is 1.60. The first-order valence-corrected chi connectivity index (χ1v) is 6.00. The van der Waals surface area contributed by atoms with Crippen LogP contribution in [-0.4, -0.2) is 21.3 Å². The number of hydrogen-bond donors (Lipinski definition) is 1. The minimum absolute atomic E-state index is 0.119. The molecule has 0 amide bonds. The molecule has 0 saturated carbocycles. The zero-order valence-electron chi connectivity index (χ0n) is 10.3. The summed E-state index contributed by atoms with van der Waals surface area (Å²) in [5.41, 5.74) is 1.72. The van der Waals surface area contributed by atoms with E-state index in [4.69, 9.17) is 0 Å². The van der Waals surface area contributed by atoms with Crippen LogP contribution < -0.4 is 10.9 Å². The summed E-state index contributed by atoms with van der Waals surface area (Å²) >= 11 is 0. The molecule has 0 unspecified atom stereocenters. The summed E-state index contributed by atoms with van der Waals surface area (Å²) < 4.78 is 1.39. The van der Waals surface area contributed by atoms with Crippen molar-refractivity contribution in [3.05, 3.63) is 52.7 Å². The number of pyridine rings is 1. The average molecular weight is 244 g/mol. The molecule has 0 bridgehead atoms. The van der Waals surface area contributed by atoms with E-state index in [2.05, 4.69) is 22.3 Å². The highest BCUT2D eigenvalue weighted by molar-refractivity contribution is 5.43. The van der Waals surface area contributed by atoms with Gasteiger partial charge in [0, 0.05) is 30.7 Å². The van der Waals surface area contributed by atoms with Crippen LogP contribution in [0.5, 0.6) is 0 Å². The second-order valence-electron chi connectivity index (χ2n) is 3.98. The van der Waals surface area contributed by atoms with Crippen LogP contribution in [-0.2, 0) is 6.54 Å². The number of nitrogens with zero attached hydrogens (tertiary/aromatic N) is 3. The van der Waals surface area contributed by atoms with Gasteiger partial charge in [-0.3, -0.25) is 9.78 Å². The Hall–Kier alpha value is -2.17. The van der Waals surface area contributed by atoms with Crippen molar-refractivity contribution in [2.45, 2.75) is 19.9 Å². The SMILES string of the molecule is CCCNc1ccnc(Cn2ncccc2=O)c1. The molecule has 0 aliphatic carbocycles. The van der Waals surface area contributed by atoms with Crippen molar-refractivity contribution in [1.29, 1.82) is 0 Å². The van der Waals surface area contributed by atoms with Crippen molar-refractivity contribution in [2.75, 3.05) is 11.9 Å². The molecular formula is C13H16N4O. The number of aromatic nitrogens is 3. The van der Waals surface area contributed by atoms with E-state index in [9.17, 15) is 4.79 Å². The first-order valence-electron chi connectivity index (χ1n) is 6.00. The van der Waals surface area contributed by atoms with Gasteiger partial charge < -0.3 is 5.32 Å². The summed E-state index contributed by atoms with van der Waals surface area (Å²) in [5.74, 6) is 0. The van der Waals surface area contributed by atoms with Crippen molar-refractivity contribution in [2.24, 2.45) is 0 Å². The quantitative estimate of drug-likeness (QED) is 0.866. The predicted octanol–water partition coefficient (Wildman–Crippen LogP) is 1.51. The minimum Gasteiger partial charge on any atom is -0.385 e. The van der Waals surface area contributed by atoms with Gasteiger partial charge in [0.05, 0.1) is 12.2 Å². The topological polar surface area (TPSA) is 59.8 Å². The molecular weight excluding hydrogens is 228 g/mol. The molecule has 0 fully saturated rings. The van der Waals surface area contributed by atoms with Gasteiger partial charge in [-0.15, -0.1) is 0 Å². The van der Waals surface area contributed by atoms with Crippen LogP contribution in [0.1, 0.15) is 19.0 Å². The van der Waals surface area contributed by atoms with Gasteiger partial charge in [-0.25, -0.2) is 4.68 Å². The van der Waals surface area contributed by atoms with Gasteiger partial charge in [0.2, 0.25) is 0 Å². The normalized spacial score (nSPS) is 10.3. The molecule has 2 aromatic rings. The fraction of sp³-hybridized carbons (Fsp3) is 0.308. The molecule has 0 atom stereocenters. The highest BCUT2D eigenvalue weighted by Crippen LogP contribution is 2.08. The molecule has 1 N–H and O–H groups in total. The maximum absolute atomic E-state index is 11.5. The Morgan fingerprint density at radius 2 is 2.22 bits per heavy atom. The van der Waals surface area contributed by atoms with Crippen LogP contribution in [0.4, 0.5) is 5.69 Å². The van der Waals surface area contributed by atoms with Gasteiger partial charge in [-0.2, -0.15) is 5.10 Å². The Kier molecular flexibility index (Phi) is 4.06. The van der Waals surface area contributed by atoms with E-state index < -0.39 is 0 Å². The molecule has 2 rings (SSSR count). The number of rotatable bonds is 5. The first kappa shape index (κ1) is 12.3. The molecule has 5 heteroatoms. The molecule has 0 saturated heterocycles. The molecule has 0 radical (unpaired) electrons. The highest BCUT2D eigenvalue weighted by Gasteiger charge is 2.00. The maximum atomic E-state index is 11.5. The fourth-order valence-electron chi connectivity index (χ4n) is 1.60. The van der Waals surface area contributed by atoms with Gasteiger partial charge in [0.15, 0.2) is 0 Å². The Balaban J connectivity index is 2.14. The molecule has 2 heterocycles. The lowest BCUT2D eigenvalue weighted by molar-refractivity contribution is 0.628. The van der Waals surface area contributed by atoms with Crippen molar-refractivity contribution in [3.63, 3.8) is 0 Å². The van der Waals surface area contributed by atoms with E-state index in [-0.39, 0.29) is 5.56 Å². The predicted molar refractivity (Wildman–Crippen MR) is 70.6 cm³/mol. The van der Waals surface area contributed by atoms with Gasteiger partial charge in [-0.05, 0) is 24.6 Å². The van der Waals surface area contributed by atoms with Crippen LogP contribution in [0.15, 0.2) is 41.5 Å². The number of nitrogens with one attached hydrogen (secondary N) is 1. The van der Waals surface area contributed by atoms with Gasteiger partial charge >= 0.3 is 0 Å². The van der Waals surface area contributed by atoms with Gasteiger partial charge in [-0.1, -0.05) is 6.92 Å². The smallest absolute Gasteiger partial charge is 0.267 e. The lowest BCUT2D eigenvalue weighted by atomic mass is 10.3. The largest absolute Gasteiger partial charge is 0.385 e. The monoisotopic (exact) mass is 244 g/mol. The second kappa shape index (κ2) is 5.95. The van der Waals surface area contributed by atoms with Crippen molar-refractivity contribution >= 4 is 5.69 Å². The molecule has 0 aliphatic heterocycles. The zero-order chi connectivity index (χ0) is 12.8. The summed E-state index contributed by atoms with van der Waals surface area (Å²) in [5, 5.41) is 7.30. The van der Waals surface area contributed by atoms with Crippen LogP contribution in [0.25, 0.3) is 0 Å². The lowest BCUT2D eigenvalue weighted by Gasteiger charge is -2.07. The third-order valence-corrected chi connectivity index (χ3v) is 2.49. The zero-order valence-corrected chi connectivity index (χ0v) is 10.3. The van der Waals surface area contributed by atoms with Crippen molar-refractivity contribution in [3.8, 4) is 0 Å². The summed E-state index contributed by atoms with van der Waals surface area (Å²) in [6.45, 7) is 3.43. The van der Waals surface area contributed by atoms with Crippen LogP contribution in [0, 0.1) is 0 Å². The molecule has 18 heavy (non-hydrogen) atoms. The van der Waals surface area contributed by atoms with E-state index in [1.807, 2.05) is 12.1 Å². The van der Waals surface area contributed by atoms with E-state index in [1.54, 1.807) is 18.5 Å². The first-order chi connectivity index (χ1) is 8.79. The lowest BCUT2D eigenvalue weighted by Crippen LogP contribution is -2.22. The number of anilines is 1. The highest BCUT2D eigenvalue weighted by atomic mass is 16.1. The van der Waals surface area contributed by atoms with E-state index >= 15 is 0 Å². The van der Waals surface area contributed by atoms with Crippen molar-refractivity contribution in [1.82, 2.24) is 14.8 Å². The molecule has 2 aromatic heterocycles. The Morgan fingerprint density at radius 1 is 1.33 bits per heavy atom. The van der Waals surface area contributed by atoms with Crippen LogP contribution >= 0.6 is 0 Å². The molecule has 5 nitrogen and oxygen atoms in total. The van der Waals surface area contributed by atoms with Crippen LogP contribution in [0.3, 0.4) is 0 Å². The minimum atomic E-state index is -0.119. The summed E-state index contributed by atoms with van der Waals surface area (Å²) in [4.78, 5) is 15.8. The summed E-state index contributed by atoms with van der Waals surface area (Å²) in [7, 11) is 0. The number of hydrogen-bond acceptors (Lipinski definition) is 4. The van der Waals surface area contributed by atoms with Gasteiger partial charge in [0.25, 0.3) is 5.56 Å². The Labute approximate surface area is 105 Å². The van der Waals surface area contributed by atoms with Gasteiger partial charge in [0.1, 0.15) is 0 Å². The third-order valence-electron chi connectivity index (χ3n) is 2.49. The van der Waals surface area contributed by atoms with E-state index in [0.29, 0.717) is 6.54 Å². The third kappa shape index (κ3) is 3.16. The van der Waals surface area contributed by atoms with Crippen LogP contribution in [0.2, 0.25) is 0 Å². The Bertz CT molecular complexity index is 565. The average Bonchev–Trinajstić information content (AvgIpc) is 2.40. The van der Waals surface area contributed by atoms with E-state index in [1.165, 1.54) is 10.7 Å². The van der Waals surface area contributed by atoms with E-state index in [0.717, 1.165) is 24.3 Å². The molecule has 0 aromatic carbocycles. The Morgan fingerprint density at radius 3 is 3.00 bits per heavy atom. The van der Waals surface area contributed by atoms with Crippen molar-refractivity contribution < 1.29 is 0 Å².